The Bertz CT molecular complexity index is 283. The minimum absolute atomic E-state index is 0.394. The predicted octanol–water partition coefficient (Wildman–Crippen LogP) is 2.49. The molecule has 2 rings (SSSR count). The first-order valence-corrected chi connectivity index (χ1v) is 4.21. The molecule has 1 atom stereocenters. The zero-order valence-electron chi connectivity index (χ0n) is 7.16. The molecule has 1 heterocycles. The molecule has 0 bridgehead atoms. The molecule has 1 aliphatic rings. The van der Waals surface area contributed by atoms with Gasteiger partial charge in [-0.2, -0.15) is 0 Å². The van der Waals surface area contributed by atoms with E-state index < -0.39 is 0 Å². The van der Waals surface area contributed by atoms with Crippen molar-refractivity contribution >= 4 is 6.08 Å². The van der Waals surface area contributed by atoms with E-state index in [0.29, 0.717) is 6.10 Å². The van der Waals surface area contributed by atoms with Crippen molar-refractivity contribution in [3.05, 3.63) is 41.5 Å². The Hall–Kier alpha value is -1.08. The summed E-state index contributed by atoms with van der Waals surface area (Å²) in [5.41, 5.74) is 2.58. The van der Waals surface area contributed by atoms with E-state index in [4.69, 9.17) is 4.74 Å². The highest BCUT2D eigenvalue weighted by Gasteiger charge is 2.23. The summed E-state index contributed by atoms with van der Waals surface area (Å²) in [4.78, 5) is 0. The topological polar surface area (TPSA) is 12.5 Å². The van der Waals surface area contributed by atoms with E-state index in [2.05, 4.69) is 25.1 Å². The van der Waals surface area contributed by atoms with E-state index in [-0.39, 0.29) is 0 Å². The Kier molecular flexibility index (Phi) is 1.96. The average Bonchev–Trinajstić information content (AvgIpc) is 2.88. The Morgan fingerprint density at radius 3 is 2.67 bits per heavy atom. The summed E-state index contributed by atoms with van der Waals surface area (Å²) in [6.45, 7) is 3.01. The van der Waals surface area contributed by atoms with Crippen molar-refractivity contribution < 1.29 is 4.74 Å². The molecule has 1 heteroatoms. The molecule has 0 aliphatic carbocycles. The van der Waals surface area contributed by atoms with E-state index >= 15 is 0 Å². The Morgan fingerprint density at radius 1 is 1.42 bits per heavy atom. The molecule has 0 amide bonds. The molecule has 12 heavy (non-hydrogen) atoms. The van der Waals surface area contributed by atoms with Crippen molar-refractivity contribution in [1.29, 1.82) is 0 Å². The molecular formula is C11H12O. The first-order valence-electron chi connectivity index (χ1n) is 4.21. The molecule has 1 aliphatic heterocycles. The van der Waals surface area contributed by atoms with E-state index in [1.165, 1.54) is 11.1 Å². The molecule has 1 fully saturated rings. The van der Waals surface area contributed by atoms with Gasteiger partial charge in [0, 0.05) is 0 Å². The fourth-order valence-electron chi connectivity index (χ4n) is 1.22. The van der Waals surface area contributed by atoms with Crippen LogP contribution in [0.1, 0.15) is 12.5 Å². The highest BCUT2D eigenvalue weighted by Crippen LogP contribution is 2.20. The molecule has 0 unspecified atom stereocenters. The second-order valence-corrected chi connectivity index (χ2v) is 3.12. The maximum Gasteiger partial charge on any atom is 0.102 e. The average molecular weight is 160 g/mol. The highest BCUT2D eigenvalue weighted by atomic mass is 16.6. The van der Waals surface area contributed by atoms with Gasteiger partial charge in [-0.3, -0.25) is 0 Å². The lowest BCUT2D eigenvalue weighted by Crippen LogP contribution is -1.85. The van der Waals surface area contributed by atoms with Crippen molar-refractivity contribution in [2.45, 2.75) is 13.0 Å². The van der Waals surface area contributed by atoms with Gasteiger partial charge in [-0.25, -0.2) is 0 Å². The van der Waals surface area contributed by atoms with Gasteiger partial charge in [-0.15, -0.1) is 0 Å². The van der Waals surface area contributed by atoms with Crippen molar-refractivity contribution in [1.82, 2.24) is 0 Å². The van der Waals surface area contributed by atoms with E-state index in [9.17, 15) is 0 Å². The summed E-state index contributed by atoms with van der Waals surface area (Å²) in [7, 11) is 0. The monoisotopic (exact) mass is 160 g/mol. The zero-order chi connectivity index (χ0) is 8.39. The maximum atomic E-state index is 5.17. The number of benzene rings is 1. The summed E-state index contributed by atoms with van der Waals surface area (Å²) in [6.07, 6.45) is 2.57. The summed E-state index contributed by atoms with van der Waals surface area (Å²) >= 11 is 0. The van der Waals surface area contributed by atoms with Crippen LogP contribution in [0.15, 0.2) is 35.9 Å². The van der Waals surface area contributed by atoms with Gasteiger partial charge in [0.15, 0.2) is 0 Å². The lowest BCUT2D eigenvalue weighted by atomic mass is 10.1. The number of hydrogen-bond donors (Lipinski definition) is 0. The molecule has 1 aromatic carbocycles. The summed E-state index contributed by atoms with van der Waals surface area (Å²) in [5.74, 6) is 0. The highest BCUT2D eigenvalue weighted by molar-refractivity contribution is 5.53. The third-order valence-electron chi connectivity index (χ3n) is 2.04. The van der Waals surface area contributed by atoms with E-state index in [1.54, 1.807) is 0 Å². The molecule has 1 saturated heterocycles. The molecule has 0 spiro atoms. The minimum atomic E-state index is 0.394. The lowest BCUT2D eigenvalue weighted by molar-refractivity contribution is 0.432. The first-order chi connectivity index (χ1) is 5.86. The molecule has 0 aromatic heterocycles. The molecule has 1 aromatic rings. The Morgan fingerprint density at radius 2 is 2.08 bits per heavy atom. The molecule has 0 radical (unpaired) electrons. The predicted molar refractivity (Wildman–Crippen MR) is 49.8 cm³/mol. The van der Waals surface area contributed by atoms with Crippen LogP contribution >= 0.6 is 0 Å². The Labute approximate surface area is 72.7 Å². The zero-order valence-corrected chi connectivity index (χ0v) is 7.16. The normalized spacial score (nSPS) is 22.4. The second kappa shape index (κ2) is 3.11. The summed E-state index contributed by atoms with van der Waals surface area (Å²) in [6, 6.07) is 10.3. The van der Waals surface area contributed by atoms with Crippen LogP contribution in [0.3, 0.4) is 0 Å². The van der Waals surface area contributed by atoms with Crippen LogP contribution in [0.5, 0.6) is 0 Å². The summed E-state index contributed by atoms with van der Waals surface area (Å²) in [5, 5.41) is 0. The van der Waals surface area contributed by atoms with Crippen LogP contribution in [-0.4, -0.2) is 12.7 Å². The van der Waals surface area contributed by atoms with Crippen molar-refractivity contribution in [3.63, 3.8) is 0 Å². The van der Waals surface area contributed by atoms with Gasteiger partial charge < -0.3 is 4.74 Å². The Balaban J connectivity index is 2.15. The van der Waals surface area contributed by atoms with Gasteiger partial charge in [0.1, 0.15) is 6.10 Å². The van der Waals surface area contributed by atoms with E-state index in [0.717, 1.165) is 6.61 Å². The number of ether oxygens (including phenoxy) is 1. The SMILES string of the molecule is C/C(=C\c1ccccc1)[C@H]1CO1. The third-order valence-corrected chi connectivity index (χ3v) is 2.04. The summed E-state index contributed by atoms with van der Waals surface area (Å²) < 4.78 is 5.17. The quantitative estimate of drug-likeness (QED) is 0.605. The second-order valence-electron chi connectivity index (χ2n) is 3.12. The van der Waals surface area contributed by atoms with Crippen LogP contribution in [0.2, 0.25) is 0 Å². The molecule has 0 N–H and O–H groups in total. The van der Waals surface area contributed by atoms with Crippen LogP contribution in [-0.2, 0) is 4.74 Å². The molecule has 1 nitrogen and oxygen atoms in total. The smallest absolute Gasteiger partial charge is 0.102 e. The van der Waals surface area contributed by atoms with Crippen LogP contribution in [0.4, 0.5) is 0 Å². The van der Waals surface area contributed by atoms with Gasteiger partial charge in [0.25, 0.3) is 0 Å². The maximum absolute atomic E-state index is 5.17. The number of epoxide rings is 1. The first kappa shape index (κ1) is 7.56. The fraction of sp³-hybridized carbons (Fsp3) is 0.273. The number of hydrogen-bond acceptors (Lipinski definition) is 1. The van der Waals surface area contributed by atoms with Gasteiger partial charge in [-0.1, -0.05) is 36.4 Å². The van der Waals surface area contributed by atoms with Gasteiger partial charge in [0.2, 0.25) is 0 Å². The van der Waals surface area contributed by atoms with Gasteiger partial charge in [0.05, 0.1) is 6.61 Å². The lowest BCUT2D eigenvalue weighted by Gasteiger charge is -1.95. The number of rotatable bonds is 2. The van der Waals surface area contributed by atoms with Crippen molar-refractivity contribution in [2.24, 2.45) is 0 Å². The third kappa shape index (κ3) is 1.74. The molecular weight excluding hydrogens is 148 g/mol. The molecule has 62 valence electrons. The van der Waals surface area contributed by atoms with Gasteiger partial charge >= 0.3 is 0 Å². The molecule has 0 saturated carbocycles. The largest absolute Gasteiger partial charge is 0.368 e. The minimum Gasteiger partial charge on any atom is -0.368 e. The van der Waals surface area contributed by atoms with Crippen molar-refractivity contribution in [3.8, 4) is 0 Å². The van der Waals surface area contributed by atoms with Crippen LogP contribution < -0.4 is 0 Å². The van der Waals surface area contributed by atoms with Gasteiger partial charge in [-0.05, 0) is 18.1 Å². The standard InChI is InChI=1S/C11H12O/c1-9(11-8-12-11)7-10-5-3-2-4-6-10/h2-7,11H,8H2,1H3/b9-7+/t11-/m1/s1. The van der Waals surface area contributed by atoms with Crippen LogP contribution in [0.25, 0.3) is 6.08 Å². The fourth-order valence-corrected chi connectivity index (χ4v) is 1.22. The van der Waals surface area contributed by atoms with E-state index in [1.807, 2.05) is 18.2 Å². The van der Waals surface area contributed by atoms with Crippen molar-refractivity contribution in [2.75, 3.05) is 6.61 Å². The van der Waals surface area contributed by atoms with Crippen LogP contribution in [0, 0.1) is 0 Å².